The van der Waals surface area contributed by atoms with Gasteiger partial charge in [-0.25, -0.2) is 4.39 Å². The van der Waals surface area contributed by atoms with Crippen molar-refractivity contribution in [2.45, 2.75) is 6.18 Å². The SMILES string of the molecule is O=c1[nH]c(C(F)(F)F)ccc1F. The van der Waals surface area contributed by atoms with Crippen LogP contribution in [0.3, 0.4) is 0 Å². The third-order valence-electron chi connectivity index (χ3n) is 1.17. The molecule has 0 aromatic carbocycles. The van der Waals surface area contributed by atoms with Gasteiger partial charge in [0.15, 0.2) is 5.82 Å². The summed E-state index contributed by atoms with van der Waals surface area (Å²) in [5.41, 5.74) is -2.63. The second kappa shape index (κ2) is 2.62. The van der Waals surface area contributed by atoms with Crippen LogP contribution in [0.15, 0.2) is 16.9 Å². The van der Waals surface area contributed by atoms with E-state index >= 15 is 0 Å². The lowest BCUT2D eigenvalue weighted by Gasteiger charge is -2.04. The number of nitrogens with one attached hydrogen (secondary N) is 1. The Labute approximate surface area is 63.8 Å². The molecule has 0 aliphatic carbocycles. The zero-order valence-corrected chi connectivity index (χ0v) is 5.57. The molecule has 1 rings (SSSR count). The molecular formula is C6H3F4NO. The second-order valence-corrected chi connectivity index (χ2v) is 2.05. The first kappa shape index (κ1) is 8.76. The fourth-order valence-corrected chi connectivity index (χ4v) is 0.621. The minimum atomic E-state index is -4.65. The standard InChI is InChI=1S/C6H3F4NO/c7-3-1-2-4(6(8,9)10)11-5(3)12/h1-2H,(H,11,12). The maximum absolute atomic E-state index is 12.2. The molecule has 0 aliphatic rings. The molecule has 0 amide bonds. The molecule has 0 saturated heterocycles. The average Bonchev–Trinajstić information content (AvgIpc) is 1.92. The quantitative estimate of drug-likeness (QED) is 0.605. The van der Waals surface area contributed by atoms with E-state index in [0.29, 0.717) is 12.1 Å². The molecular weight excluding hydrogens is 178 g/mol. The lowest BCUT2D eigenvalue weighted by molar-refractivity contribution is -0.141. The minimum absolute atomic E-state index is 0.469. The van der Waals surface area contributed by atoms with Crippen LogP contribution >= 0.6 is 0 Å². The van der Waals surface area contributed by atoms with Crippen molar-refractivity contribution in [2.24, 2.45) is 0 Å². The summed E-state index contributed by atoms with van der Waals surface area (Å²) in [5, 5.41) is 0. The first-order valence-electron chi connectivity index (χ1n) is 2.87. The Balaban J connectivity index is 3.23. The highest BCUT2D eigenvalue weighted by molar-refractivity contribution is 5.08. The molecule has 1 aromatic heterocycles. The van der Waals surface area contributed by atoms with Crippen molar-refractivity contribution >= 4 is 0 Å². The van der Waals surface area contributed by atoms with Crippen molar-refractivity contribution < 1.29 is 17.6 Å². The van der Waals surface area contributed by atoms with Gasteiger partial charge in [0.1, 0.15) is 5.69 Å². The van der Waals surface area contributed by atoms with Crippen molar-refractivity contribution in [1.82, 2.24) is 4.98 Å². The molecule has 0 atom stereocenters. The summed E-state index contributed by atoms with van der Waals surface area (Å²) < 4.78 is 47.6. The van der Waals surface area contributed by atoms with Crippen LogP contribution < -0.4 is 5.56 Å². The predicted octanol–water partition coefficient (Wildman–Crippen LogP) is 1.53. The largest absolute Gasteiger partial charge is 0.431 e. The summed E-state index contributed by atoms with van der Waals surface area (Å²) in [6.07, 6.45) is -4.65. The van der Waals surface area contributed by atoms with E-state index in [2.05, 4.69) is 0 Å². The van der Waals surface area contributed by atoms with E-state index in [-0.39, 0.29) is 0 Å². The fourth-order valence-electron chi connectivity index (χ4n) is 0.621. The van der Waals surface area contributed by atoms with Crippen LogP contribution in [0.1, 0.15) is 5.69 Å². The summed E-state index contributed by atoms with van der Waals surface area (Å²) in [4.78, 5) is 11.7. The molecule has 1 aromatic rings. The number of pyridine rings is 1. The molecule has 0 saturated carbocycles. The van der Waals surface area contributed by atoms with Crippen molar-refractivity contribution in [3.05, 3.63) is 34.0 Å². The van der Waals surface area contributed by atoms with E-state index in [9.17, 15) is 22.4 Å². The Morgan fingerprint density at radius 2 is 1.83 bits per heavy atom. The maximum Gasteiger partial charge on any atom is 0.431 e. The zero-order valence-electron chi connectivity index (χ0n) is 5.57. The number of hydrogen-bond donors (Lipinski definition) is 1. The van der Waals surface area contributed by atoms with Gasteiger partial charge in [-0.1, -0.05) is 0 Å². The van der Waals surface area contributed by atoms with Gasteiger partial charge in [0.05, 0.1) is 0 Å². The van der Waals surface area contributed by atoms with E-state index in [1.54, 1.807) is 0 Å². The fraction of sp³-hybridized carbons (Fsp3) is 0.167. The normalized spacial score (nSPS) is 11.7. The first-order chi connectivity index (χ1) is 5.41. The van der Waals surface area contributed by atoms with E-state index in [1.165, 1.54) is 4.98 Å². The van der Waals surface area contributed by atoms with Gasteiger partial charge in [0.25, 0.3) is 5.56 Å². The van der Waals surface area contributed by atoms with Crippen molar-refractivity contribution in [3.63, 3.8) is 0 Å². The third-order valence-corrected chi connectivity index (χ3v) is 1.17. The molecule has 0 fully saturated rings. The van der Waals surface area contributed by atoms with Crippen LogP contribution in [0.25, 0.3) is 0 Å². The lowest BCUT2D eigenvalue weighted by atomic mass is 10.3. The van der Waals surface area contributed by atoms with Crippen LogP contribution in [0.4, 0.5) is 17.6 Å². The highest BCUT2D eigenvalue weighted by Gasteiger charge is 2.31. The molecule has 1 heterocycles. The molecule has 0 radical (unpaired) electrons. The monoisotopic (exact) mass is 181 g/mol. The Bertz CT molecular complexity index is 340. The Morgan fingerprint density at radius 1 is 1.25 bits per heavy atom. The summed E-state index contributed by atoms with van der Waals surface area (Å²) in [6, 6.07) is 0.943. The topological polar surface area (TPSA) is 32.9 Å². The zero-order chi connectivity index (χ0) is 9.35. The molecule has 0 aliphatic heterocycles. The number of H-pyrrole nitrogens is 1. The van der Waals surface area contributed by atoms with Gasteiger partial charge in [-0.3, -0.25) is 4.79 Å². The summed E-state index contributed by atoms with van der Waals surface area (Å²) in [6.45, 7) is 0. The van der Waals surface area contributed by atoms with E-state index < -0.39 is 23.2 Å². The third kappa shape index (κ3) is 1.63. The maximum atomic E-state index is 12.2. The number of halogens is 4. The number of alkyl halides is 3. The number of hydrogen-bond acceptors (Lipinski definition) is 1. The molecule has 0 unspecified atom stereocenters. The molecule has 12 heavy (non-hydrogen) atoms. The number of aromatic nitrogens is 1. The van der Waals surface area contributed by atoms with Crippen LogP contribution in [-0.2, 0) is 6.18 Å². The molecule has 0 bridgehead atoms. The van der Waals surface area contributed by atoms with Gasteiger partial charge < -0.3 is 4.98 Å². The number of aromatic amines is 1. The molecule has 0 spiro atoms. The highest BCUT2D eigenvalue weighted by Crippen LogP contribution is 2.26. The van der Waals surface area contributed by atoms with Crippen LogP contribution in [-0.4, -0.2) is 4.98 Å². The van der Waals surface area contributed by atoms with Crippen molar-refractivity contribution in [2.75, 3.05) is 0 Å². The lowest BCUT2D eigenvalue weighted by Crippen LogP contribution is -2.18. The molecule has 6 heteroatoms. The average molecular weight is 181 g/mol. The molecule has 1 N–H and O–H groups in total. The number of rotatable bonds is 0. The van der Waals surface area contributed by atoms with Crippen LogP contribution in [0.2, 0.25) is 0 Å². The van der Waals surface area contributed by atoms with Crippen LogP contribution in [0, 0.1) is 5.82 Å². The van der Waals surface area contributed by atoms with Crippen molar-refractivity contribution in [3.8, 4) is 0 Å². The summed E-state index contributed by atoms with van der Waals surface area (Å²) in [7, 11) is 0. The van der Waals surface area contributed by atoms with E-state index in [1.807, 2.05) is 0 Å². The van der Waals surface area contributed by atoms with Gasteiger partial charge in [0, 0.05) is 0 Å². The van der Waals surface area contributed by atoms with Gasteiger partial charge in [-0.15, -0.1) is 0 Å². The van der Waals surface area contributed by atoms with E-state index in [0.717, 1.165) is 0 Å². The predicted molar refractivity (Wildman–Crippen MR) is 32.0 cm³/mol. The second-order valence-electron chi connectivity index (χ2n) is 2.05. The highest BCUT2D eigenvalue weighted by atomic mass is 19.4. The summed E-state index contributed by atoms with van der Waals surface area (Å²) in [5.74, 6) is -1.23. The first-order valence-corrected chi connectivity index (χ1v) is 2.87. The van der Waals surface area contributed by atoms with Crippen molar-refractivity contribution in [1.29, 1.82) is 0 Å². The van der Waals surface area contributed by atoms with Crippen LogP contribution in [0.5, 0.6) is 0 Å². The minimum Gasteiger partial charge on any atom is -0.316 e. The van der Waals surface area contributed by atoms with Gasteiger partial charge >= 0.3 is 6.18 Å². The van der Waals surface area contributed by atoms with Gasteiger partial charge in [-0.05, 0) is 12.1 Å². The Morgan fingerprint density at radius 3 is 2.25 bits per heavy atom. The smallest absolute Gasteiger partial charge is 0.316 e. The Hall–Kier alpha value is -1.33. The summed E-state index contributed by atoms with van der Waals surface area (Å²) >= 11 is 0. The Kier molecular flexibility index (Phi) is 1.91. The molecule has 2 nitrogen and oxygen atoms in total. The molecule has 66 valence electrons. The van der Waals surface area contributed by atoms with E-state index in [4.69, 9.17) is 0 Å². The van der Waals surface area contributed by atoms with Gasteiger partial charge in [-0.2, -0.15) is 13.2 Å². The van der Waals surface area contributed by atoms with Gasteiger partial charge in [0.2, 0.25) is 0 Å².